The van der Waals surface area contributed by atoms with Gasteiger partial charge in [-0.05, 0) is 57.7 Å². The molecular formula is C16H19N3. The lowest BCUT2D eigenvalue weighted by atomic mass is 10.1. The molecule has 0 aliphatic heterocycles. The molecule has 1 fully saturated rings. The number of aromatic nitrogens is 2. The van der Waals surface area contributed by atoms with E-state index in [9.17, 15) is 0 Å². The van der Waals surface area contributed by atoms with E-state index in [1.165, 1.54) is 18.7 Å². The van der Waals surface area contributed by atoms with Gasteiger partial charge in [0, 0.05) is 12.0 Å². The van der Waals surface area contributed by atoms with Gasteiger partial charge in [-0.1, -0.05) is 0 Å². The highest BCUT2D eigenvalue weighted by molar-refractivity contribution is 5.78. The van der Waals surface area contributed by atoms with E-state index in [4.69, 9.17) is 10.2 Å². The summed E-state index contributed by atoms with van der Waals surface area (Å²) in [7, 11) is 0. The number of hydrogen-bond acceptors (Lipinski definition) is 2. The van der Waals surface area contributed by atoms with Gasteiger partial charge in [0.05, 0.1) is 22.7 Å². The maximum atomic E-state index is 9.00. The third-order valence-corrected chi connectivity index (χ3v) is 3.69. The van der Waals surface area contributed by atoms with E-state index in [1.54, 1.807) is 0 Å². The Hall–Kier alpha value is -1.82. The number of rotatable bonds is 2. The van der Waals surface area contributed by atoms with Crippen LogP contribution in [0.2, 0.25) is 0 Å². The maximum absolute atomic E-state index is 9.00. The van der Waals surface area contributed by atoms with Crippen molar-refractivity contribution in [3.8, 4) is 6.07 Å². The molecule has 0 N–H and O–H groups in total. The standard InChI is InChI=1S/C16H19N3/c1-16(2,3)19-14-7-6-12(10-17)8-13(14)18-15(19)9-11-4-5-11/h6-8,11H,4-5,9H2,1-3H3. The normalized spacial score (nSPS) is 15.7. The molecule has 98 valence electrons. The van der Waals surface area contributed by atoms with Gasteiger partial charge in [-0.15, -0.1) is 0 Å². The number of nitrogens with zero attached hydrogens (tertiary/aromatic N) is 3. The largest absolute Gasteiger partial charge is 0.323 e. The Morgan fingerprint density at radius 2 is 2.11 bits per heavy atom. The summed E-state index contributed by atoms with van der Waals surface area (Å²) < 4.78 is 2.34. The Morgan fingerprint density at radius 3 is 2.68 bits per heavy atom. The summed E-state index contributed by atoms with van der Waals surface area (Å²) in [6.07, 6.45) is 3.72. The summed E-state index contributed by atoms with van der Waals surface area (Å²) in [4.78, 5) is 4.78. The van der Waals surface area contributed by atoms with Crippen LogP contribution in [0.25, 0.3) is 11.0 Å². The van der Waals surface area contributed by atoms with E-state index >= 15 is 0 Å². The van der Waals surface area contributed by atoms with Crippen LogP contribution < -0.4 is 0 Å². The molecule has 0 amide bonds. The van der Waals surface area contributed by atoms with E-state index < -0.39 is 0 Å². The van der Waals surface area contributed by atoms with Crippen molar-refractivity contribution in [3.63, 3.8) is 0 Å². The van der Waals surface area contributed by atoms with Crippen molar-refractivity contribution < 1.29 is 0 Å². The summed E-state index contributed by atoms with van der Waals surface area (Å²) in [6.45, 7) is 6.63. The van der Waals surface area contributed by atoms with Crippen LogP contribution in [0.3, 0.4) is 0 Å². The van der Waals surface area contributed by atoms with Crippen LogP contribution in [-0.2, 0) is 12.0 Å². The van der Waals surface area contributed by atoms with Crippen LogP contribution >= 0.6 is 0 Å². The van der Waals surface area contributed by atoms with Crippen LogP contribution in [0.15, 0.2) is 18.2 Å². The van der Waals surface area contributed by atoms with E-state index in [0.717, 1.165) is 23.4 Å². The van der Waals surface area contributed by atoms with Gasteiger partial charge < -0.3 is 4.57 Å². The highest BCUT2D eigenvalue weighted by Gasteiger charge is 2.28. The monoisotopic (exact) mass is 253 g/mol. The van der Waals surface area contributed by atoms with Gasteiger partial charge in [-0.2, -0.15) is 5.26 Å². The summed E-state index contributed by atoms with van der Waals surface area (Å²) >= 11 is 0. The van der Waals surface area contributed by atoms with Crippen molar-refractivity contribution >= 4 is 11.0 Å². The third-order valence-electron chi connectivity index (χ3n) is 3.69. The molecule has 3 rings (SSSR count). The highest BCUT2D eigenvalue weighted by Crippen LogP contribution is 2.35. The number of benzene rings is 1. The van der Waals surface area contributed by atoms with Gasteiger partial charge in [0.1, 0.15) is 5.82 Å². The van der Waals surface area contributed by atoms with Gasteiger partial charge in [-0.25, -0.2) is 4.98 Å². The zero-order chi connectivity index (χ0) is 13.6. The molecule has 0 bridgehead atoms. The molecule has 2 aromatic rings. The minimum absolute atomic E-state index is 0.0210. The zero-order valence-electron chi connectivity index (χ0n) is 11.8. The molecule has 3 nitrogen and oxygen atoms in total. The maximum Gasteiger partial charge on any atom is 0.110 e. The number of fused-ring (bicyclic) bond motifs is 1. The van der Waals surface area contributed by atoms with Gasteiger partial charge in [0.2, 0.25) is 0 Å². The Morgan fingerprint density at radius 1 is 1.37 bits per heavy atom. The molecule has 1 saturated carbocycles. The average molecular weight is 253 g/mol. The summed E-state index contributed by atoms with van der Waals surface area (Å²) in [5, 5.41) is 9.00. The third kappa shape index (κ3) is 2.23. The molecule has 0 radical (unpaired) electrons. The van der Waals surface area contributed by atoms with Gasteiger partial charge >= 0.3 is 0 Å². The predicted octanol–water partition coefficient (Wildman–Crippen LogP) is 3.62. The molecule has 1 aromatic heterocycles. The van der Waals surface area contributed by atoms with Crippen molar-refractivity contribution in [1.82, 2.24) is 9.55 Å². The molecule has 0 saturated heterocycles. The Kier molecular flexibility index (Phi) is 2.63. The van der Waals surface area contributed by atoms with E-state index in [-0.39, 0.29) is 5.54 Å². The lowest BCUT2D eigenvalue weighted by Gasteiger charge is -2.24. The van der Waals surface area contributed by atoms with Gasteiger partial charge in [0.25, 0.3) is 0 Å². The van der Waals surface area contributed by atoms with Gasteiger partial charge in [-0.3, -0.25) is 0 Å². The Labute approximate surface area is 113 Å². The van der Waals surface area contributed by atoms with Crippen molar-refractivity contribution in [1.29, 1.82) is 5.26 Å². The molecule has 0 unspecified atom stereocenters. The van der Waals surface area contributed by atoms with Crippen molar-refractivity contribution in [2.45, 2.75) is 45.6 Å². The molecule has 3 heteroatoms. The van der Waals surface area contributed by atoms with Crippen LogP contribution in [0.4, 0.5) is 0 Å². The quantitative estimate of drug-likeness (QED) is 0.820. The fourth-order valence-corrected chi connectivity index (χ4v) is 2.67. The van der Waals surface area contributed by atoms with E-state index in [1.807, 2.05) is 18.2 Å². The van der Waals surface area contributed by atoms with Crippen molar-refractivity contribution in [3.05, 3.63) is 29.6 Å². The van der Waals surface area contributed by atoms with Crippen molar-refractivity contribution in [2.24, 2.45) is 5.92 Å². The number of nitriles is 1. The highest BCUT2D eigenvalue weighted by atomic mass is 15.1. The first-order chi connectivity index (χ1) is 8.99. The summed E-state index contributed by atoms with van der Waals surface area (Å²) in [5.41, 5.74) is 2.79. The lowest BCUT2D eigenvalue weighted by Crippen LogP contribution is -2.24. The second-order valence-electron chi connectivity index (χ2n) is 6.50. The van der Waals surface area contributed by atoms with Crippen LogP contribution in [0.1, 0.15) is 45.0 Å². The second-order valence-corrected chi connectivity index (χ2v) is 6.50. The predicted molar refractivity (Wildman–Crippen MR) is 75.9 cm³/mol. The first-order valence-electron chi connectivity index (χ1n) is 6.91. The van der Waals surface area contributed by atoms with E-state index in [0.29, 0.717) is 5.56 Å². The van der Waals surface area contributed by atoms with Crippen LogP contribution in [-0.4, -0.2) is 9.55 Å². The second kappa shape index (κ2) is 4.09. The van der Waals surface area contributed by atoms with E-state index in [2.05, 4.69) is 31.4 Å². The van der Waals surface area contributed by atoms with Gasteiger partial charge in [0.15, 0.2) is 0 Å². The molecular weight excluding hydrogens is 234 g/mol. The van der Waals surface area contributed by atoms with Crippen LogP contribution in [0, 0.1) is 17.2 Å². The first kappa shape index (κ1) is 12.2. The van der Waals surface area contributed by atoms with Crippen molar-refractivity contribution in [2.75, 3.05) is 0 Å². The fraction of sp³-hybridized carbons (Fsp3) is 0.500. The molecule has 1 aliphatic rings. The molecule has 1 aliphatic carbocycles. The zero-order valence-corrected chi connectivity index (χ0v) is 11.8. The van der Waals surface area contributed by atoms with Crippen LogP contribution in [0.5, 0.6) is 0 Å². The smallest absolute Gasteiger partial charge is 0.110 e. The number of hydrogen-bond donors (Lipinski definition) is 0. The average Bonchev–Trinajstić information content (AvgIpc) is 3.06. The number of imidazole rings is 1. The Bertz CT molecular complexity index is 664. The Balaban J connectivity index is 2.19. The minimum Gasteiger partial charge on any atom is -0.323 e. The topological polar surface area (TPSA) is 41.6 Å². The molecule has 0 atom stereocenters. The molecule has 1 aromatic carbocycles. The fourth-order valence-electron chi connectivity index (χ4n) is 2.67. The molecule has 1 heterocycles. The lowest BCUT2D eigenvalue weighted by molar-refractivity contribution is 0.391. The molecule has 19 heavy (non-hydrogen) atoms. The SMILES string of the molecule is CC(C)(C)n1c(CC2CC2)nc2cc(C#N)ccc21. The summed E-state index contributed by atoms with van der Waals surface area (Å²) in [5.74, 6) is 1.98. The summed E-state index contributed by atoms with van der Waals surface area (Å²) in [6, 6.07) is 8.00. The first-order valence-corrected chi connectivity index (χ1v) is 6.91. The molecule has 0 spiro atoms. The minimum atomic E-state index is 0.0210.